The molecule has 4 heteroatoms. The fraction of sp³-hybridized carbons (Fsp3) is 0.417. The van der Waals surface area contributed by atoms with Crippen molar-refractivity contribution in [1.29, 1.82) is 0 Å². The first-order valence-electron chi connectivity index (χ1n) is 5.00. The average Bonchev–Trinajstić information content (AvgIpc) is 2.22. The van der Waals surface area contributed by atoms with Gasteiger partial charge in [0.25, 0.3) is 0 Å². The van der Waals surface area contributed by atoms with E-state index < -0.39 is 11.8 Å². The largest absolute Gasteiger partial charge is 0.488 e. The minimum Gasteiger partial charge on any atom is -0.488 e. The normalized spacial score (nSPS) is 10.4. The van der Waals surface area contributed by atoms with E-state index in [9.17, 15) is 9.18 Å². The average molecular weight is 226 g/mol. The van der Waals surface area contributed by atoms with Crippen molar-refractivity contribution in [2.24, 2.45) is 0 Å². The van der Waals surface area contributed by atoms with Crippen LogP contribution in [0.5, 0.6) is 5.75 Å². The lowest BCUT2D eigenvalue weighted by Crippen LogP contribution is -2.10. The van der Waals surface area contributed by atoms with Crippen LogP contribution in [0.15, 0.2) is 12.1 Å². The highest BCUT2D eigenvalue weighted by Gasteiger charge is 2.14. The number of carbonyl (C=O) groups excluding carboxylic acids is 1. The molecule has 0 spiro atoms. The Kier molecular flexibility index (Phi) is 3.88. The fourth-order valence-corrected chi connectivity index (χ4v) is 1.31. The van der Waals surface area contributed by atoms with Crippen molar-refractivity contribution < 1.29 is 18.7 Å². The first kappa shape index (κ1) is 12.5. The van der Waals surface area contributed by atoms with Crippen LogP contribution in [-0.2, 0) is 4.74 Å². The molecule has 0 aliphatic heterocycles. The highest BCUT2D eigenvalue weighted by atomic mass is 19.1. The van der Waals surface area contributed by atoms with E-state index in [0.717, 1.165) is 0 Å². The predicted octanol–water partition coefficient (Wildman–Crippen LogP) is 2.71. The topological polar surface area (TPSA) is 35.5 Å². The molecule has 16 heavy (non-hydrogen) atoms. The number of methoxy groups -OCH3 is 1. The molecule has 0 N–H and O–H groups in total. The minimum absolute atomic E-state index is 0.0791. The van der Waals surface area contributed by atoms with E-state index >= 15 is 0 Å². The maximum Gasteiger partial charge on any atom is 0.337 e. The molecule has 0 saturated heterocycles. The molecule has 3 nitrogen and oxygen atoms in total. The smallest absolute Gasteiger partial charge is 0.337 e. The molecule has 0 amide bonds. The van der Waals surface area contributed by atoms with Crippen LogP contribution < -0.4 is 4.74 Å². The quantitative estimate of drug-likeness (QED) is 0.743. The van der Waals surface area contributed by atoms with Crippen LogP contribution in [0.25, 0.3) is 0 Å². The SMILES string of the molecule is COC(=O)c1cc(C)c(F)c(OC(C)C)c1. The number of hydrogen-bond donors (Lipinski definition) is 0. The van der Waals surface area contributed by atoms with Crippen molar-refractivity contribution in [3.8, 4) is 5.75 Å². The molecule has 1 rings (SSSR count). The molecule has 0 aliphatic rings. The summed E-state index contributed by atoms with van der Waals surface area (Å²) in [5, 5.41) is 0. The second kappa shape index (κ2) is 4.96. The molecular formula is C12H15FO3. The molecule has 0 heterocycles. The predicted molar refractivity (Wildman–Crippen MR) is 58.2 cm³/mol. The lowest BCUT2D eigenvalue weighted by molar-refractivity contribution is 0.0599. The van der Waals surface area contributed by atoms with Gasteiger partial charge >= 0.3 is 5.97 Å². The number of benzene rings is 1. The summed E-state index contributed by atoms with van der Waals surface area (Å²) in [6.45, 7) is 5.16. The van der Waals surface area contributed by atoms with Crippen molar-refractivity contribution in [2.45, 2.75) is 26.9 Å². The Labute approximate surface area is 94.2 Å². The van der Waals surface area contributed by atoms with E-state index in [-0.39, 0.29) is 17.4 Å². The van der Waals surface area contributed by atoms with Crippen LogP contribution in [0.2, 0.25) is 0 Å². The molecule has 0 radical (unpaired) electrons. The van der Waals surface area contributed by atoms with Crippen molar-refractivity contribution >= 4 is 5.97 Å². The van der Waals surface area contributed by atoms with Crippen LogP contribution in [0.3, 0.4) is 0 Å². The summed E-state index contributed by atoms with van der Waals surface area (Å²) in [6, 6.07) is 2.79. The monoisotopic (exact) mass is 226 g/mol. The van der Waals surface area contributed by atoms with Gasteiger partial charge in [-0.15, -0.1) is 0 Å². The molecule has 0 unspecified atom stereocenters. The standard InChI is InChI=1S/C12H15FO3/c1-7(2)16-10-6-9(12(14)15-4)5-8(3)11(10)13/h5-7H,1-4H3. The first-order chi connectivity index (χ1) is 7.45. The Bertz CT molecular complexity index is 399. The van der Waals surface area contributed by atoms with Crippen LogP contribution >= 0.6 is 0 Å². The number of carbonyl (C=O) groups is 1. The van der Waals surface area contributed by atoms with Crippen molar-refractivity contribution in [2.75, 3.05) is 7.11 Å². The number of halogens is 1. The van der Waals surface area contributed by atoms with Crippen molar-refractivity contribution in [1.82, 2.24) is 0 Å². The van der Waals surface area contributed by atoms with E-state index in [1.165, 1.54) is 19.2 Å². The number of hydrogen-bond acceptors (Lipinski definition) is 3. The minimum atomic E-state index is -0.503. The number of aryl methyl sites for hydroxylation is 1. The third kappa shape index (κ3) is 2.72. The summed E-state index contributed by atoms with van der Waals surface area (Å²) in [5.74, 6) is -0.867. The second-order valence-corrected chi connectivity index (χ2v) is 3.76. The number of rotatable bonds is 3. The third-order valence-corrected chi connectivity index (χ3v) is 2.00. The summed E-state index contributed by atoms with van der Waals surface area (Å²) >= 11 is 0. The van der Waals surface area contributed by atoms with Crippen LogP contribution in [-0.4, -0.2) is 19.2 Å². The molecule has 88 valence electrons. The third-order valence-electron chi connectivity index (χ3n) is 2.00. The lowest BCUT2D eigenvalue weighted by Gasteiger charge is -2.13. The molecule has 0 aliphatic carbocycles. The molecule has 0 fully saturated rings. The highest BCUT2D eigenvalue weighted by molar-refractivity contribution is 5.90. The Balaban J connectivity index is 3.16. The van der Waals surface area contributed by atoms with Crippen LogP contribution in [0.1, 0.15) is 29.8 Å². The van der Waals surface area contributed by atoms with E-state index in [2.05, 4.69) is 4.74 Å². The van der Waals surface area contributed by atoms with Gasteiger partial charge < -0.3 is 9.47 Å². The Morgan fingerprint density at radius 2 is 2.00 bits per heavy atom. The summed E-state index contributed by atoms with van der Waals surface area (Å²) in [6.07, 6.45) is -0.151. The Morgan fingerprint density at radius 1 is 1.38 bits per heavy atom. The molecule has 0 atom stereocenters. The zero-order chi connectivity index (χ0) is 12.3. The van der Waals surface area contributed by atoms with Crippen LogP contribution in [0.4, 0.5) is 4.39 Å². The molecular weight excluding hydrogens is 211 g/mol. The number of ether oxygens (including phenoxy) is 2. The van der Waals surface area contributed by atoms with E-state index in [1.807, 2.05) is 0 Å². The molecule has 0 aromatic heterocycles. The maximum absolute atomic E-state index is 13.6. The molecule has 1 aromatic carbocycles. The summed E-state index contributed by atoms with van der Waals surface area (Å²) in [7, 11) is 1.28. The van der Waals surface area contributed by atoms with Gasteiger partial charge in [0.1, 0.15) is 0 Å². The van der Waals surface area contributed by atoms with Gasteiger partial charge in [-0.25, -0.2) is 9.18 Å². The van der Waals surface area contributed by atoms with Gasteiger partial charge in [-0.1, -0.05) is 0 Å². The van der Waals surface area contributed by atoms with E-state index in [1.54, 1.807) is 20.8 Å². The fourth-order valence-electron chi connectivity index (χ4n) is 1.31. The Morgan fingerprint density at radius 3 is 2.50 bits per heavy atom. The van der Waals surface area contributed by atoms with E-state index in [0.29, 0.717) is 5.56 Å². The summed E-state index contributed by atoms with van der Waals surface area (Å²) < 4.78 is 23.5. The van der Waals surface area contributed by atoms with Gasteiger partial charge in [0.2, 0.25) is 0 Å². The van der Waals surface area contributed by atoms with Gasteiger partial charge in [-0.05, 0) is 38.5 Å². The maximum atomic E-state index is 13.6. The lowest BCUT2D eigenvalue weighted by atomic mass is 10.1. The first-order valence-corrected chi connectivity index (χ1v) is 5.00. The zero-order valence-electron chi connectivity index (χ0n) is 9.83. The molecule has 0 bridgehead atoms. The zero-order valence-corrected chi connectivity index (χ0v) is 9.83. The van der Waals surface area contributed by atoms with Gasteiger partial charge in [0.05, 0.1) is 18.8 Å². The van der Waals surface area contributed by atoms with Gasteiger partial charge in [-0.3, -0.25) is 0 Å². The van der Waals surface area contributed by atoms with Crippen molar-refractivity contribution in [3.05, 3.63) is 29.1 Å². The molecule has 1 aromatic rings. The Hall–Kier alpha value is -1.58. The van der Waals surface area contributed by atoms with Gasteiger partial charge in [-0.2, -0.15) is 0 Å². The summed E-state index contributed by atoms with van der Waals surface area (Å²) in [4.78, 5) is 11.3. The molecule has 0 saturated carbocycles. The van der Waals surface area contributed by atoms with Gasteiger partial charge in [0, 0.05) is 0 Å². The second-order valence-electron chi connectivity index (χ2n) is 3.76. The van der Waals surface area contributed by atoms with E-state index in [4.69, 9.17) is 4.74 Å². The van der Waals surface area contributed by atoms with Gasteiger partial charge in [0.15, 0.2) is 11.6 Å². The van der Waals surface area contributed by atoms with Crippen molar-refractivity contribution in [3.63, 3.8) is 0 Å². The van der Waals surface area contributed by atoms with Crippen LogP contribution in [0, 0.1) is 12.7 Å². The number of esters is 1. The highest BCUT2D eigenvalue weighted by Crippen LogP contribution is 2.24. The summed E-state index contributed by atoms with van der Waals surface area (Å²) in [5.41, 5.74) is 0.649.